The van der Waals surface area contributed by atoms with E-state index in [9.17, 15) is 4.57 Å². The number of hydrogen-bond donors (Lipinski definition) is 0. The van der Waals surface area contributed by atoms with Gasteiger partial charge in [-0.2, -0.15) is 0 Å². The van der Waals surface area contributed by atoms with E-state index in [1.165, 1.54) is 22.3 Å². The Labute approximate surface area is 128 Å². The molecule has 2 aromatic carbocycles. The molecule has 1 aliphatic rings. The van der Waals surface area contributed by atoms with Gasteiger partial charge >= 0.3 is 0 Å². The predicted octanol–water partition coefficient (Wildman–Crippen LogP) is 5.00. The van der Waals surface area contributed by atoms with E-state index in [0.717, 1.165) is 9.78 Å². The smallest absolute Gasteiger partial charge is 0.109 e. The third-order valence-corrected chi connectivity index (χ3v) is 6.26. The lowest BCUT2D eigenvalue weighted by Crippen LogP contribution is -2.17. The minimum Gasteiger partial charge on any atom is -0.319 e. The molecule has 3 rings (SSSR count). The normalized spacial score (nSPS) is 15.8. The van der Waals surface area contributed by atoms with Crippen LogP contribution < -0.4 is 5.30 Å². The molecular formula is C17H18BrOP. The third-order valence-electron chi connectivity index (χ3n) is 4.24. The van der Waals surface area contributed by atoms with Crippen LogP contribution in [0.2, 0.25) is 0 Å². The zero-order chi connectivity index (χ0) is 14.7. The van der Waals surface area contributed by atoms with Gasteiger partial charge in [0.15, 0.2) is 0 Å². The molecule has 20 heavy (non-hydrogen) atoms. The Morgan fingerprint density at radius 1 is 0.950 bits per heavy atom. The molecule has 0 amide bonds. The van der Waals surface area contributed by atoms with Crippen LogP contribution in [0.1, 0.15) is 25.0 Å². The van der Waals surface area contributed by atoms with Crippen molar-refractivity contribution in [2.45, 2.75) is 19.3 Å². The van der Waals surface area contributed by atoms with Gasteiger partial charge in [0, 0.05) is 15.2 Å². The fourth-order valence-corrected chi connectivity index (χ4v) is 4.27. The highest BCUT2D eigenvalue weighted by Crippen LogP contribution is 2.50. The van der Waals surface area contributed by atoms with Gasteiger partial charge in [0.25, 0.3) is 0 Å². The van der Waals surface area contributed by atoms with Crippen LogP contribution in [0.3, 0.4) is 0 Å². The Morgan fingerprint density at radius 2 is 1.50 bits per heavy atom. The van der Waals surface area contributed by atoms with Gasteiger partial charge < -0.3 is 4.57 Å². The molecule has 0 saturated carbocycles. The average Bonchev–Trinajstić information content (AvgIpc) is 2.57. The number of halogens is 1. The second kappa shape index (κ2) is 4.32. The summed E-state index contributed by atoms with van der Waals surface area (Å²) < 4.78 is 13.5. The first-order chi connectivity index (χ1) is 9.21. The molecule has 0 radical (unpaired) electrons. The predicted molar refractivity (Wildman–Crippen MR) is 90.8 cm³/mol. The Hall–Kier alpha value is -0.850. The van der Waals surface area contributed by atoms with E-state index in [1.54, 1.807) is 0 Å². The van der Waals surface area contributed by atoms with Crippen molar-refractivity contribution in [3.8, 4) is 11.1 Å². The van der Waals surface area contributed by atoms with E-state index in [2.05, 4.69) is 60.1 Å². The first kappa shape index (κ1) is 14.1. The Kier molecular flexibility index (Phi) is 3.05. The summed E-state index contributed by atoms with van der Waals surface area (Å²) in [4.78, 5) is 0. The monoisotopic (exact) mass is 348 g/mol. The second-order valence-corrected chi connectivity index (χ2v) is 10.5. The molecule has 0 fully saturated rings. The summed E-state index contributed by atoms with van der Waals surface area (Å²) in [6.45, 7) is 8.15. The van der Waals surface area contributed by atoms with E-state index in [0.29, 0.717) is 0 Å². The van der Waals surface area contributed by atoms with Crippen LogP contribution in [-0.4, -0.2) is 13.3 Å². The zero-order valence-corrected chi connectivity index (χ0v) is 14.7. The maximum absolute atomic E-state index is 12.3. The first-order valence-corrected chi connectivity index (χ1v) is 10.1. The van der Waals surface area contributed by atoms with Gasteiger partial charge in [-0.05, 0) is 53.8 Å². The molecule has 2 aromatic rings. The van der Waals surface area contributed by atoms with Crippen molar-refractivity contribution in [1.82, 2.24) is 0 Å². The Balaban J connectivity index is 2.30. The van der Waals surface area contributed by atoms with Crippen LogP contribution in [0.5, 0.6) is 0 Å². The molecule has 0 saturated heterocycles. The summed E-state index contributed by atoms with van der Waals surface area (Å²) in [5.41, 5.74) is 5.14. The van der Waals surface area contributed by atoms with Crippen molar-refractivity contribution >= 4 is 28.4 Å². The molecule has 0 atom stereocenters. The minimum absolute atomic E-state index is 0.0420. The van der Waals surface area contributed by atoms with Crippen LogP contribution in [-0.2, 0) is 9.98 Å². The fourth-order valence-electron chi connectivity index (χ4n) is 3.03. The van der Waals surface area contributed by atoms with Crippen LogP contribution >= 0.6 is 23.1 Å². The van der Waals surface area contributed by atoms with Crippen molar-refractivity contribution < 1.29 is 4.57 Å². The number of hydrogen-bond acceptors (Lipinski definition) is 1. The van der Waals surface area contributed by atoms with Crippen LogP contribution in [0, 0.1) is 0 Å². The van der Waals surface area contributed by atoms with Gasteiger partial charge in [-0.1, -0.05) is 48.0 Å². The summed E-state index contributed by atoms with van der Waals surface area (Å²) >= 11 is 3.56. The van der Waals surface area contributed by atoms with Gasteiger partial charge in [-0.15, -0.1) is 0 Å². The SMILES string of the molecule is CC1(C)c2cc(Br)ccc2-c2ccc(P(C)(C)=O)cc21. The molecule has 0 aromatic heterocycles. The maximum Gasteiger partial charge on any atom is 0.109 e. The van der Waals surface area contributed by atoms with Gasteiger partial charge in [0.05, 0.1) is 0 Å². The molecule has 104 valence electrons. The zero-order valence-electron chi connectivity index (χ0n) is 12.2. The molecule has 0 unspecified atom stereocenters. The Morgan fingerprint density at radius 3 is 2.10 bits per heavy atom. The summed E-state index contributed by atoms with van der Waals surface area (Å²) in [5, 5.41) is 0.969. The van der Waals surface area contributed by atoms with Gasteiger partial charge in [0.2, 0.25) is 0 Å². The topological polar surface area (TPSA) is 17.1 Å². The summed E-state index contributed by atoms with van der Waals surface area (Å²) in [5.74, 6) is 0. The number of benzene rings is 2. The highest BCUT2D eigenvalue weighted by Gasteiger charge is 2.36. The standard InChI is InChI=1S/C17H18BrOP/c1-17(2)15-9-11(18)5-7-13(15)14-8-6-12(10-16(14)17)20(3,4)19/h5-10H,1-4H3. The van der Waals surface area contributed by atoms with Crippen molar-refractivity contribution in [3.63, 3.8) is 0 Å². The first-order valence-electron chi connectivity index (χ1n) is 6.72. The van der Waals surface area contributed by atoms with E-state index in [1.807, 2.05) is 19.4 Å². The van der Waals surface area contributed by atoms with E-state index < -0.39 is 7.14 Å². The maximum atomic E-state index is 12.3. The number of fused-ring (bicyclic) bond motifs is 3. The lowest BCUT2D eigenvalue weighted by molar-refractivity contribution is 0.588. The van der Waals surface area contributed by atoms with Gasteiger partial charge in [0.1, 0.15) is 7.14 Å². The molecule has 0 bridgehead atoms. The minimum atomic E-state index is -2.22. The third kappa shape index (κ3) is 2.01. The molecule has 0 aliphatic heterocycles. The summed E-state index contributed by atoms with van der Waals surface area (Å²) in [6.07, 6.45) is 0. The lowest BCUT2D eigenvalue weighted by Gasteiger charge is -2.22. The molecule has 0 heterocycles. The van der Waals surface area contributed by atoms with E-state index in [4.69, 9.17) is 0 Å². The molecule has 1 aliphatic carbocycles. The van der Waals surface area contributed by atoms with Crippen LogP contribution in [0.4, 0.5) is 0 Å². The summed E-state index contributed by atoms with van der Waals surface area (Å²) in [6, 6.07) is 12.8. The van der Waals surface area contributed by atoms with Crippen LogP contribution in [0.15, 0.2) is 40.9 Å². The lowest BCUT2D eigenvalue weighted by atomic mass is 9.82. The molecular weight excluding hydrogens is 331 g/mol. The molecule has 0 N–H and O–H groups in total. The van der Waals surface area contributed by atoms with Gasteiger partial charge in [-0.3, -0.25) is 0 Å². The van der Waals surface area contributed by atoms with Crippen molar-refractivity contribution in [3.05, 3.63) is 52.0 Å². The van der Waals surface area contributed by atoms with Crippen LogP contribution in [0.25, 0.3) is 11.1 Å². The van der Waals surface area contributed by atoms with Gasteiger partial charge in [-0.25, -0.2) is 0 Å². The average molecular weight is 349 g/mol. The van der Waals surface area contributed by atoms with E-state index >= 15 is 0 Å². The second-order valence-electron chi connectivity index (χ2n) is 6.40. The summed E-state index contributed by atoms with van der Waals surface area (Å²) in [7, 11) is -2.22. The molecule has 3 heteroatoms. The molecule has 0 spiro atoms. The highest BCUT2D eigenvalue weighted by molar-refractivity contribution is 9.10. The van der Waals surface area contributed by atoms with Crippen molar-refractivity contribution in [2.24, 2.45) is 0 Å². The Bertz CT molecular complexity index is 756. The highest BCUT2D eigenvalue weighted by atomic mass is 79.9. The fraction of sp³-hybridized carbons (Fsp3) is 0.294. The quantitative estimate of drug-likeness (QED) is 0.662. The van der Waals surface area contributed by atoms with Crippen molar-refractivity contribution in [2.75, 3.05) is 13.3 Å². The number of rotatable bonds is 1. The largest absolute Gasteiger partial charge is 0.319 e. The van der Waals surface area contributed by atoms with Crippen molar-refractivity contribution in [1.29, 1.82) is 0 Å². The molecule has 1 nitrogen and oxygen atoms in total. The van der Waals surface area contributed by atoms with E-state index in [-0.39, 0.29) is 5.41 Å².